The highest BCUT2D eigenvalue weighted by Crippen LogP contribution is 2.18. The number of aromatic nitrogens is 4. The molecule has 3 rings (SSSR count). The minimum atomic E-state index is -0.698. The van der Waals surface area contributed by atoms with Gasteiger partial charge in [-0.1, -0.05) is 6.92 Å². The number of furan rings is 1. The Bertz CT molecular complexity index is 933. The summed E-state index contributed by atoms with van der Waals surface area (Å²) in [5.74, 6) is -0.406. The minimum Gasteiger partial charge on any atom is -0.395 e. The highest BCUT2D eigenvalue weighted by atomic mass is 16.6. The SMILES string of the molecule is CCCNc1ncnc2c1cnn2CCNC(=O)c1ccc([N+](=O)[O-])o1. The Morgan fingerprint density at radius 2 is 2.19 bits per heavy atom. The summed E-state index contributed by atoms with van der Waals surface area (Å²) in [6, 6.07) is 2.40. The largest absolute Gasteiger partial charge is 0.433 e. The average molecular weight is 359 g/mol. The van der Waals surface area contributed by atoms with Gasteiger partial charge in [0.25, 0.3) is 5.91 Å². The van der Waals surface area contributed by atoms with E-state index < -0.39 is 16.7 Å². The second-order valence-electron chi connectivity index (χ2n) is 5.40. The Morgan fingerprint density at radius 3 is 2.92 bits per heavy atom. The summed E-state index contributed by atoms with van der Waals surface area (Å²) in [5.41, 5.74) is 0.654. The molecule has 0 aliphatic carbocycles. The molecule has 0 fully saturated rings. The number of nitro groups is 1. The van der Waals surface area contributed by atoms with Crippen LogP contribution in [0.25, 0.3) is 11.0 Å². The molecule has 0 aliphatic heterocycles. The molecule has 0 unspecified atom stereocenters. The topological polar surface area (TPSA) is 141 Å². The molecular weight excluding hydrogens is 342 g/mol. The maximum absolute atomic E-state index is 12.0. The Balaban J connectivity index is 1.62. The van der Waals surface area contributed by atoms with Gasteiger partial charge in [0.1, 0.15) is 17.1 Å². The number of amides is 1. The van der Waals surface area contributed by atoms with Crippen LogP contribution in [0.2, 0.25) is 0 Å². The molecule has 26 heavy (non-hydrogen) atoms. The van der Waals surface area contributed by atoms with Gasteiger partial charge in [0.15, 0.2) is 11.4 Å². The molecule has 0 saturated heterocycles. The van der Waals surface area contributed by atoms with Crippen molar-refractivity contribution in [1.29, 1.82) is 0 Å². The van der Waals surface area contributed by atoms with E-state index in [1.54, 1.807) is 10.9 Å². The zero-order chi connectivity index (χ0) is 18.5. The second-order valence-corrected chi connectivity index (χ2v) is 5.40. The summed E-state index contributed by atoms with van der Waals surface area (Å²) in [4.78, 5) is 30.3. The van der Waals surface area contributed by atoms with Gasteiger partial charge in [-0.3, -0.25) is 14.9 Å². The summed E-state index contributed by atoms with van der Waals surface area (Å²) in [6.45, 7) is 3.49. The fraction of sp³-hybridized carbons (Fsp3) is 0.333. The van der Waals surface area contributed by atoms with Crippen molar-refractivity contribution in [1.82, 2.24) is 25.1 Å². The number of carbonyl (C=O) groups is 1. The Labute approximate surface area is 147 Å². The average Bonchev–Trinajstić information content (AvgIpc) is 3.27. The molecule has 0 spiro atoms. The van der Waals surface area contributed by atoms with E-state index in [-0.39, 0.29) is 12.3 Å². The Hall–Kier alpha value is -3.50. The van der Waals surface area contributed by atoms with E-state index in [1.807, 2.05) is 0 Å². The van der Waals surface area contributed by atoms with Gasteiger partial charge in [-0.25, -0.2) is 14.6 Å². The highest BCUT2D eigenvalue weighted by molar-refractivity contribution is 5.91. The predicted molar refractivity (Wildman–Crippen MR) is 91.8 cm³/mol. The third-order valence-corrected chi connectivity index (χ3v) is 3.58. The third-order valence-electron chi connectivity index (χ3n) is 3.58. The lowest BCUT2D eigenvalue weighted by molar-refractivity contribution is -0.402. The van der Waals surface area contributed by atoms with Gasteiger partial charge in [0.2, 0.25) is 0 Å². The molecule has 0 aliphatic rings. The first kappa shape index (κ1) is 17.3. The van der Waals surface area contributed by atoms with E-state index in [9.17, 15) is 14.9 Å². The van der Waals surface area contributed by atoms with Crippen molar-refractivity contribution in [2.75, 3.05) is 18.4 Å². The van der Waals surface area contributed by atoms with Crippen molar-refractivity contribution in [3.63, 3.8) is 0 Å². The van der Waals surface area contributed by atoms with Gasteiger partial charge in [-0.2, -0.15) is 5.10 Å². The number of nitrogens with zero attached hydrogens (tertiary/aromatic N) is 5. The first-order chi connectivity index (χ1) is 12.6. The number of hydrogen-bond donors (Lipinski definition) is 2. The zero-order valence-corrected chi connectivity index (χ0v) is 14.0. The summed E-state index contributed by atoms with van der Waals surface area (Å²) < 4.78 is 6.51. The molecule has 11 heteroatoms. The van der Waals surface area contributed by atoms with E-state index in [1.165, 1.54) is 12.4 Å². The van der Waals surface area contributed by atoms with Gasteiger partial charge in [-0.05, 0) is 12.5 Å². The normalized spacial score (nSPS) is 10.8. The molecule has 0 atom stereocenters. The number of anilines is 1. The summed E-state index contributed by atoms with van der Waals surface area (Å²) in [6.07, 6.45) is 4.10. The molecule has 1 amide bonds. The van der Waals surface area contributed by atoms with Crippen LogP contribution in [0.3, 0.4) is 0 Å². The summed E-state index contributed by atoms with van der Waals surface area (Å²) in [7, 11) is 0. The van der Waals surface area contributed by atoms with Gasteiger partial charge in [0.05, 0.1) is 24.2 Å². The molecule has 0 aromatic carbocycles. The van der Waals surface area contributed by atoms with Crippen LogP contribution in [-0.2, 0) is 6.54 Å². The van der Waals surface area contributed by atoms with Gasteiger partial charge < -0.3 is 15.1 Å². The van der Waals surface area contributed by atoms with Crippen molar-refractivity contribution >= 4 is 28.6 Å². The molecule has 3 aromatic heterocycles. The molecule has 0 saturated carbocycles. The monoisotopic (exact) mass is 359 g/mol. The van der Waals surface area contributed by atoms with Crippen LogP contribution in [0, 0.1) is 10.1 Å². The lowest BCUT2D eigenvalue weighted by Crippen LogP contribution is -2.27. The van der Waals surface area contributed by atoms with Gasteiger partial charge in [0, 0.05) is 13.1 Å². The molecular formula is C15H17N7O4. The molecule has 11 nitrogen and oxygen atoms in total. The molecule has 2 N–H and O–H groups in total. The van der Waals surface area contributed by atoms with Crippen molar-refractivity contribution in [3.8, 4) is 0 Å². The van der Waals surface area contributed by atoms with Crippen LogP contribution in [0.15, 0.2) is 29.1 Å². The van der Waals surface area contributed by atoms with Gasteiger partial charge in [-0.15, -0.1) is 0 Å². The fourth-order valence-corrected chi connectivity index (χ4v) is 2.35. The molecule has 3 heterocycles. The molecule has 3 aromatic rings. The lowest BCUT2D eigenvalue weighted by atomic mass is 10.3. The highest BCUT2D eigenvalue weighted by Gasteiger charge is 2.17. The van der Waals surface area contributed by atoms with Crippen LogP contribution in [0.4, 0.5) is 11.7 Å². The number of nitrogens with one attached hydrogen (secondary N) is 2. The van der Waals surface area contributed by atoms with Crippen molar-refractivity contribution in [2.45, 2.75) is 19.9 Å². The Morgan fingerprint density at radius 1 is 1.35 bits per heavy atom. The number of rotatable bonds is 8. The van der Waals surface area contributed by atoms with Crippen molar-refractivity contribution in [2.24, 2.45) is 0 Å². The number of carbonyl (C=O) groups excluding carboxylic acids is 1. The van der Waals surface area contributed by atoms with Crippen LogP contribution in [0.1, 0.15) is 23.9 Å². The van der Waals surface area contributed by atoms with E-state index in [0.717, 1.165) is 30.2 Å². The maximum atomic E-state index is 12.0. The second kappa shape index (κ2) is 7.59. The quantitative estimate of drug-likeness (QED) is 0.456. The molecule has 136 valence electrons. The minimum absolute atomic E-state index is 0.115. The fourth-order valence-electron chi connectivity index (χ4n) is 2.35. The Kier molecular flexibility index (Phi) is 5.06. The smallest absolute Gasteiger partial charge is 0.395 e. The van der Waals surface area contributed by atoms with Crippen LogP contribution in [0.5, 0.6) is 0 Å². The summed E-state index contributed by atoms with van der Waals surface area (Å²) in [5, 5.41) is 21.5. The third kappa shape index (κ3) is 3.61. The van der Waals surface area contributed by atoms with Crippen LogP contribution < -0.4 is 10.6 Å². The van der Waals surface area contributed by atoms with E-state index in [2.05, 4.69) is 32.6 Å². The first-order valence-electron chi connectivity index (χ1n) is 8.03. The number of hydrogen-bond acceptors (Lipinski definition) is 8. The van der Waals surface area contributed by atoms with Crippen molar-refractivity contribution in [3.05, 3.63) is 40.5 Å². The van der Waals surface area contributed by atoms with Crippen molar-refractivity contribution < 1.29 is 14.1 Å². The van der Waals surface area contributed by atoms with E-state index in [4.69, 9.17) is 4.42 Å². The zero-order valence-electron chi connectivity index (χ0n) is 14.0. The van der Waals surface area contributed by atoms with Gasteiger partial charge >= 0.3 is 5.88 Å². The first-order valence-corrected chi connectivity index (χ1v) is 8.03. The van der Waals surface area contributed by atoms with Crippen LogP contribution >= 0.6 is 0 Å². The maximum Gasteiger partial charge on any atom is 0.433 e. The van der Waals surface area contributed by atoms with Crippen LogP contribution in [-0.4, -0.2) is 43.7 Å². The number of fused-ring (bicyclic) bond motifs is 1. The van der Waals surface area contributed by atoms with E-state index in [0.29, 0.717) is 12.2 Å². The molecule has 0 radical (unpaired) electrons. The standard InChI is InChI=1S/C15H17N7O4/c1-2-5-16-13-10-8-20-21(14(10)19-9-18-13)7-6-17-15(23)11-3-4-12(26-11)22(24)25/h3-4,8-9H,2,5-7H2,1H3,(H,17,23)(H,16,18,19). The summed E-state index contributed by atoms with van der Waals surface area (Å²) >= 11 is 0. The molecule has 0 bridgehead atoms. The predicted octanol–water partition coefficient (Wildman–Crippen LogP) is 1.58. The lowest BCUT2D eigenvalue weighted by Gasteiger charge is -2.06. The van der Waals surface area contributed by atoms with E-state index >= 15 is 0 Å².